The molecule has 0 bridgehead atoms. The lowest BCUT2D eigenvalue weighted by Crippen LogP contribution is -1.89. The fourth-order valence-electron chi connectivity index (χ4n) is 1.88. The molecular formula is C14H10ClN. The van der Waals surface area contributed by atoms with E-state index in [1.54, 1.807) is 0 Å². The molecule has 0 saturated carbocycles. The molecule has 1 heterocycles. The van der Waals surface area contributed by atoms with Crippen molar-refractivity contribution in [2.75, 3.05) is 0 Å². The summed E-state index contributed by atoms with van der Waals surface area (Å²) in [6.45, 7) is 0. The molecule has 2 aromatic carbocycles. The van der Waals surface area contributed by atoms with E-state index in [1.807, 2.05) is 36.4 Å². The molecule has 0 aliphatic carbocycles. The fourth-order valence-corrected chi connectivity index (χ4v) is 2.12. The predicted octanol–water partition coefficient (Wildman–Crippen LogP) is 4.28. The molecule has 3 aromatic rings. The molecule has 0 atom stereocenters. The zero-order valence-corrected chi connectivity index (χ0v) is 9.35. The van der Waals surface area contributed by atoms with Crippen molar-refractivity contribution in [3.8, 4) is 5.69 Å². The summed E-state index contributed by atoms with van der Waals surface area (Å²) in [6, 6.07) is 16.1. The number of rotatable bonds is 1. The van der Waals surface area contributed by atoms with Crippen molar-refractivity contribution in [3.63, 3.8) is 0 Å². The Bertz CT molecular complexity index is 607. The van der Waals surface area contributed by atoms with Crippen molar-refractivity contribution in [2.24, 2.45) is 0 Å². The third-order valence-electron chi connectivity index (χ3n) is 2.68. The minimum absolute atomic E-state index is 0.766. The second-order valence-corrected chi connectivity index (χ2v) is 4.15. The van der Waals surface area contributed by atoms with Crippen LogP contribution in [0.5, 0.6) is 0 Å². The van der Waals surface area contributed by atoms with Crippen LogP contribution in [0.4, 0.5) is 0 Å². The predicted molar refractivity (Wildman–Crippen MR) is 68.3 cm³/mol. The molecule has 0 fully saturated rings. The van der Waals surface area contributed by atoms with E-state index in [9.17, 15) is 0 Å². The first-order valence-electron chi connectivity index (χ1n) is 5.16. The molecule has 0 radical (unpaired) electrons. The number of nitrogens with zero attached hydrogens (tertiary/aromatic N) is 1. The highest BCUT2D eigenvalue weighted by Gasteiger charge is 2.02. The van der Waals surface area contributed by atoms with Gasteiger partial charge in [-0.25, -0.2) is 0 Å². The third-order valence-corrected chi connectivity index (χ3v) is 3.00. The minimum Gasteiger partial charge on any atom is -0.321 e. The average molecular weight is 228 g/mol. The van der Waals surface area contributed by atoms with Crippen LogP contribution in [-0.4, -0.2) is 4.57 Å². The molecule has 0 unspecified atom stereocenters. The van der Waals surface area contributed by atoms with Crippen molar-refractivity contribution >= 4 is 22.4 Å². The normalized spacial score (nSPS) is 10.8. The Morgan fingerprint density at radius 3 is 1.94 bits per heavy atom. The van der Waals surface area contributed by atoms with E-state index in [2.05, 4.69) is 29.1 Å². The van der Waals surface area contributed by atoms with E-state index in [0.29, 0.717) is 0 Å². The number of para-hydroxylation sites is 1. The highest BCUT2D eigenvalue weighted by molar-refractivity contribution is 6.32. The first-order valence-corrected chi connectivity index (χ1v) is 5.54. The van der Waals surface area contributed by atoms with Crippen LogP contribution in [0.1, 0.15) is 0 Å². The highest BCUT2D eigenvalue weighted by Crippen LogP contribution is 2.23. The monoisotopic (exact) mass is 227 g/mol. The van der Waals surface area contributed by atoms with Crippen LogP contribution >= 0.6 is 11.6 Å². The maximum atomic E-state index is 6.17. The minimum atomic E-state index is 0.766. The second-order valence-electron chi connectivity index (χ2n) is 3.75. The number of hydrogen-bond donors (Lipinski definition) is 0. The standard InChI is InChI=1S/C14H10ClN/c15-13-7-3-4-8-14(13)16-9-11-5-1-2-6-12(11)10-16/h1-10H. The largest absolute Gasteiger partial charge is 0.321 e. The summed E-state index contributed by atoms with van der Waals surface area (Å²) in [7, 11) is 0. The molecule has 0 saturated heterocycles. The van der Waals surface area contributed by atoms with E-state index >= 15 is 0 Å². The van der Waals surface area contributed by atoms with Crippen molar-refractivity contribution in [2.45, 2.75) is 0 Å². The maximum absolute atomic E-state index is 6.17. The van der Waals surface area contributed by atoms with Crippen LogP contribution in [0, 0.1) is 0 Å². The molecule has 1 aromatic heterocycles. The summed E-state index contributed by atoms with van der Waals surface area (Å²) < 4.78 is 2.06. The number of hydrogen-bond acceptors (Lipinski definition) is 0. The van der Waals surface area contributed by atoms with Gasteiger partial charge in [-0.05, 0) is 22.9 Å². The molecular weight excluding hydrogens is 218 g/mol. The molecule has 2 heteroatoms. The summed E-state index contributed by atoms with van der Waals surface area (Å²) in [5.41, 5.74) is 1.01. The van der Waals surface area contributed by atoms with Gasteiger partial charge in [-0.1, -0.05) is 48.0 Å². The molecule has 1 nitrogen and oxygen atoms in total. The molecule has 0 amide bonds. The quantitative estimate of drug-likeness (QED) is 0.585. The van der Waals surface area contributed by atoms with Gasteiger partial charge in [-0.3, -0.25) is 0 Å². The Hall–Kier alpha value is -1.73. The molecule has 0 N–H and O–H groups in total. The van der Waals surface area contributed by atoms with Crippen LogP contribution < -0.4 is 0 Å². The number of benzene rings is 2. The van der Waals surface area contributed by atoms with Crippen LogP contribution in [0.25, 0.3) is 16.5 Å². The number of fused-ring (bicyclic) bond motifs is 1. The second kappa shape index (κ2) is 3.69. The molecule has 0 aliphatic heterocycles. The van der Waals surface area contributed by atoms with Gasteiger partial charge >= 0.3 is 0 Å². The van der Waals surface area contributed by atoms with Gasteiger partial charge in [0.15, 0.2) is 0 Å². The average Bonchev–Trinajstić information content (AvgIpc) is 2.73. The lowest BCUT2D eigenvalue weighted by atomic mass is 10.2. The van der Waals surface area contributed by atoms with Gasteiger partial charge in [-0.15, -0.1) is 0 Å². The topological polar surface area (TPSA) is 4.93 Å². The molecule has 0 aliphatic rings. The van der Waals surface area contributed by atoms with E-state index in [-0.39, 0.29) is 0 Å². The highest BCUT2D eigenvalue weighted by atomic mass is 35.5. The zero-order valence-electron chi connectivity index (χ0n) is 8.60. The zero-order chi connectivity index (χ0) is 11.0. The van der Waals surface area contributed by atoms with Crippen molar-refractivity contribution < 1.29 is 0 Å². The van der Waals surface area contributed by atoms with Gasteiger partial charge in [0.2, 0.25) is 0 Å². The third kappa shape index (κ3) is 1.50. The Morgan fingerprint density at radius 1 is 0.750 bits per heavy atom. The van der Waals surface area contributed by atoms with Crippen LogP contribution in [0.3, 0.4) is 0 Å². The molecule has 3 rings (SSSR count). The summed E-state index contributed by atoms with van der Waals surface area (Å²) in [5.74, 6) is 0. The number of aromatic nitrogens is 1. The Labute approximate surface area is 98.9 Å². The molecule has 78 valence electrons. The van der Waals surface area contributed by atoms with E-state index < -0.39 is 0 Å². The summed E-state index contributed by atoms with van der Waals surface area (Å²) in [4.78, 5) is 0. The SMILES string of the molecule is Clc1ccccc1-n1cc2ccccc2c1. The van der Waals surface area contributed by atoms with Gasteiger partial charge < -0.3 is 4.57 Å². The Balaban J connectivity index is 2.23. The first-order chi connectivity index (χ1) is 7.84. The maximum Gasteiger partial charge on any atom is 0.0646 e. The number of halogens is 1. The van der Waals surface area contributed by atoms with Gasteiger partial charge in [-0.2, -0.15) is 0 Å². The lowest BCUT2D eigenvalue weighted by Gasteiger charge is -2.03. The van der Waals surface area contributed by atoms with Crippen LogP contribution in [0.2, 0.25) is 5.02 Å². The summed E-state index contributed by atoms with van der Waals surface area (Å²) in [5, 5.41) is 3.22. The Morgan fingerprint density at radius 2 is 1.31 bits per heavy atom. The van der Waals surface area contributed by atoms with E-state index in [0.717, 1.165) is 10.7 Å². The molecule has 16 heavy (non-hydrogen) atoms. The first kappa shape index (κ1) is 9.49. The van der Waals surface area contributed by atoms with Gasteiger partial charge in [0.1, 0.15) is 0 Å². The fraction of sp³-hybridized carbons (Fsp3) is 0. The van der Waals surface area contributed by atoms with Crippen LogP contribution in [-0.2, 0) is 0 Å². The van der Waals surface area contributed by atoms with E-state index in [1.165, 1.54) is 10.8 Å². The molecule has 0 spiro atoms. The van der Waals surface area contributed by atoms with Crippen molar-refractivity contribution in [1.29, 1.82) is 0 Å². The van der Waals surface area contributed by atoms with E-state index in [4.69, 9.17) is 11.6 Å². The van der Waals surface area contributed by atoms with Crippen LogP contribution in [0.15, 0.2) is 60.9 Å². The lowest BCUT2D eigenvalue weighted by molar-refractivity contribution is 1.09. The van der Waals surface area contributed by atoms with Crippen molar-refractivity contribution in [3.05, 3.63) is 65.9 Å². The van der Waals surface area contributed by atoms with Gasteiger partial charge in [0.05, 0.1) is 10.7 Å². The van der Waals surface area contributed by atoms with Gasteiger partial charge in [0.25, 0.3) is 0 Å². The Kier molecular flexibility index (Phi) is 2.19. The van der Waals surface area contributed by atoms with Gasteiger partial charge in [0, 0.05) is 12.4 Å². The summed E-state index contributed by atoms with van der Waals surface area (Å²) in [6.07, 6.45) is 4.19. The summed E-state index contributed by atoms with van der Waals surface area (Å²) >= 11 is 6.17. The smallest absolute Gasteiger partial charge is 0.0646 e. The van der Waals surface area contributed by atoms with Crippen molar-refractivity contribution in [1.82, 2.24) is 4.57 Å².